The van der Waals surface area contributed by atoms with Crippen molar-refractivity contribution in [2.45, 2.75) is 160 Å². The van der Waals surface area contributed by atoms with Gasteiger partial charge in [-0.25, -0.2) is 17.6 Å². The fourth-order valence-corrected chi connectivity index (χ4v) is 8.97. The van der Waals surface area contributed by atoms with E-state index in [0.717, 1.165) is 122 Å². The summed E-state index contributed by atoms with van der Waals surface area (Å²) < 4.78 is 66.2. The largest absolute Gasteiger partial charge is 0.379 e. The van der Waals surface area contributed by atoms with Crippen molar-refractivity contribution < 1.29 is 22.3 Å². The maximum absolute atomic E-state index is 15.4. The molecular weight excluding hydrogens is 488 g/mol. The van der Waals surface area contributed by atoms with Crippen molar-refractivity contribution in [2.24, 2.45) is 41.4 Å². The molecule has 0 aromatic rings. The molecule has 0 spiro atoms. The molecule has 4 aliphatic rings. The van der Waals surface area contributed by atoms with Crippen LogP contribution in [-0.2, 0) is 4.74 Å². The summed E-state index contributed by atoms with van der Waals surface area (Å²) in [5.74, 6) is 0.670. The average Bonchev–Trinajstić information content (AvgIpc) is 2.93. The van der Waals surface area contributed by atoms with Gasteiger partial charge in [0.15, 0.2) is 0 Å². The Labute approximate surface area is 230 Å². The second-order valence-corrected chi connectivity index (χ2v) is 13.6. The molecule has 0 bridgehead atoms. The summed E-state index contributed by atoms with van der Waals surface area (Å²) in [4.78, 5) is 0. The summed E-state index contributed by atoms with van der Waals surface area (Å²) in [6.07, 6.45) is 12.2. The molecule has 8 atom stereocenters. The number of halogens is 4. The Bertz CT molecular complexity index is 659. The SMILES string of the molecule is CCCCCC1CCC(CCC2CCC(C3CCC(C4CCC(OCC)CC4)C(F)C3F)CC2)C(F)[C@H]1F. The van der Waals surface area contributed by atoms with Crippen LogP contribution in [-0.4, -0.2) is 37.4 Å². The summed E-state index contributed by atoms with van der Waals surface area (Å²) in [5, 5.41) is 0. The van der Waals surface area contributed by atoms with Gasteiger partial charge in [-0.2, -0.15) is 0 Å². The van der Waals surface area contributed by atoms with Crippen molar-refractivity contribution >= 4 is 0 Å². The van der Waals surface area contributed by atoms with E-state index in [-0.39, 0.29) is 29.6 Å². The van der Waals surface area contributed by atoms with Gasteiger partial charge in [0.05, 0.1) is 6.10 Å². The van der Waals surface area contributed by atoms with E-state index in [1.807, 2.05) is 6.92 Å². The lowest BCUT2D eigenvalue weighted by molar-refractivity contribution is -0.0476. The van der Waals surface area contributed by atoms with Crippen LogP contribution in [0.25, 0.3) is 0 Å². The van der Waals surface area contributed by atoms with E-state index in [2.05, 4.69) is 6.92 Å². The summed E-state index contributed by atoms with van der Waals surface area (Å²) >= 11 is 0. The van der Waals surface area contributed by atoms with Crippen LogP contribution in [0.3, 0.4) is 0 Å². The lowest BCUT2D eigenvalue weighted by Crippen LogP contribution is -2.45. The highest BCUT2D eigenvalue weighted by Crippen LogP contribution is 2.48. The first kappa shape index (κ1) is 30.6. The predicted molar refractivity (Wildman–Crippen MR) is 148 cm³/mol. The van der Waals surface area contributed by atoms with Gasteiger partial charge in [-0.1, -0.05) is 45.4 Å². The third-order valence-corrected chi connectivity index (χ3v) is 11.4. The first-order valence-electron chi connectivity index (χ1n) is 16.6. The highest BCUT2D eigenvalue weighted by molar-refractivity contribution is 4.96. The van der Waals surface area contributed by atoms with Crippen molar-refractivity contribution in [1.82, 2.24) is 0 Å². The van der Waals surface area contributed by atoms with Gasteiger partial charge < -0.3 is 4.74 Å². The van der Waals surface area contributed by atoms with Gasteiger partial charge in [-0.15, -0.1) is 0 Å². The molecule has 4 rings (SSSR count). The first-order valence-corrected chi connectivity index (χ1v) is 16.6. The van der Waals surface area contributed by atoms with E-state index in [9.17, 15) is 8.78 Å². The Hall–Kier alpha value is -0.320. The lowest BCUT2D eigenvalue weighted by Gasteiger charge is -2.44. The van der Waals surface area contributed by atoms with Crippen LogP contribution in [0.15, 0.2) is 0 Å². The van der Waals surface area contributed by atoms with Gasteiger partial charge in [0, 0.05) is 6.61 Å². The summed E-state index contributed by atoms with van der Waals surface area (Å²) in [6, 6.07) is 0. The first-order chi connectivity index (χ1) is 18.4. The van der Waals surface area contributed by atoms with Crippen LogP contribution in [0.1, 0.15) is 129 Å². The van der Waals surface area contributed by atoms with Gasteiger partial charge in [-0.3, -0.25) is 0 Å². The molecule has 4 saturated carbocycles. The van der Waals surface area contributed by atoms with E-state index in [1.165, 1.54) is 0 Å². The maximum atomic E-state index is 15.4. The van der Waals surface area contributed by atoms with Gasteiger partial charge in [0.2, 0.25) is 0 Å². The standard InChI is InChI=1S/C33H56F4O/c1-3-5-6-7-25-14-15-26(31(35)30(25)34)13-10-22-8-11-23(12-9-22)28-20-21-29(33(37)32(28)36)24-16-18-27(19-17-24)38-4-2/h22-33H,3-21H2,1-2H3/t22?,23?,24?,25?,26?,27?,28?,29?,30-,31?,32?,33?/m0/s1. The average molecular weight is 545 g/mol. The molecule has 0 radical (unpaired) electrons. The summed E-state index contributed by atoms with van der Waals surface area (Å²) in [6.45, 7) is 4.90. The van der Waals surface area contributed by atoms with Crippen LogP contribution in [0.2, 0.25) is 0 Å². The minimum Gasteiger partial charge on any atom is -0.379 e. The minimum atomic E-state index is -1.32. The minimum absolute atomic E-state index is 0.0867. The van der Waals surface area contributed by atoms with E-state index in [1.54, 1.807) is 0 Å². The van der Waals surface area contributed by atoms with Gasteiger partial charge in [0.1, 0.15) is 24.7 Å². The van der Waals surface area contributed by atoms with E-state index < -0.39 is 24.7 Å². The molecule has 0 heterocycles. The van der Waals surface area contributed by atoms with Crippen molar-refractivity contribution in [3.63, 3.8) is 0 Å². The normalized spacial score (nSPS) is 44.7. The fraction of sp³-hybridized carbons (Fsp3) is 1.00. The molecule has 5 heteroatoms. The number of hydrogen-bond acceptors (Lipinski definition) is 1. The third kappa shape index (κ3) is 7.69. The van der Waals surface area contributed by atoms with Gasteiger partial charge in [-0.05, 0) is 125 Å². The van der Waals surface area contributed by atoms with Crippen molar-refractivity contribution in [2.75, 3.05) is 6.61 Å². The molecule has 4 aliphatic carbocycles. The molecule has 0 saturated heterocycles. The monoisotopic (exact) mass is 544 g/mol. The number of unbranched alkanes of at least 4 members (excludes halogenated alkanes) is 2. The summed E-state index contributed by atoms with van der Waals surface area (Å²) in [7, 11) is 0. The molecule has 0 amide bonds. The predicted octanol–water partition coefficient (Wildman–Crippen LogP) is 10.2. The smallest absolute Gasteiger partial charge is 0.134 e. The number of ether oxygens (including phenoxy) is 1. The molecule has 1 nitrogen and oxygen atoms in total. The molecule has 7 unspecified atom stereocenters. The lowest BCUT2D eigenvalue weighted by atomic mass is 9.63. The van der Waals surface area contributed by atoms with Gasteiger partial charge in [0.25, 0.3) is 0 Å². The van der Waals surface area contributed by atoms with Crippen molar-refractivity contribution in [3.8, 4) is 0 Å². The second-order valence-electron chi connectivity index (χ2n) is 13.6. The Morgan fingerprint density at radius 2 is 1.05 bits per heavy atom. The van der Waals surface area contributed by atoms with Crippen LogP contribution in [0.4, 0.5) is 17.6 Å². The quantitative estimate of drug-likeness (QED) is 0.186. The molecule has 0 aromatic carbocycles. The van der Waals surface area contributed by atoms with E-state index >= 15 is 8.78 Å². The molecule has 0 N–H and O–H groups in total. The maximum Gasteiger partial charge on any atom is 0.134 e. The molecule has 222 valence electrons. The third-order valence-electron chi connectivity index (χ3n) is 11.4. The van der Waals surface area contributed by atoms with E-state index in [4.69, 9.17) is 4.74 Å². The van der Waals surface area contributed by atoms with Crippen LogP contribution < -0.4 is 0 Å². The summed E-state index contributed by atoms with van der Waals surface area (Å²) in [5.41, 5.74) is 0. The highest BCUT2D eigenvalue weighted by atomic mass is 19.2. The molecular formula is C33H56F4O. The highest BCUT2D eigenvalue weighted by Gasteiger charge is 2.47. The number of hydrogen-bond donors (Lipinski definition) is 0. The molecule has 0 aromatic heterocycles. The van der Waals surface area contributed by atoms with Gasteiger partial charge >= 0.3 is 0 Å². The van der Waals surface area contributed by atoms with E-state index in [0.29, 0.717) is 17.9 Å². The molecule has 0 aliphatic heterocycles. The topological polar surface area (TPSA) is 9.23 Å². The van der Waals surface area contributed by atoms with Crippen LogP contribution in [0, 0.1) is 41.4 Å². The molecule has 4 fully saturated rings. The van der Waals surface area contributed by atoms with Crippen molar-refractivity contribution in [3.05, 3.63) is 0 Å². The Balaban J connectivity index is 1.16. The zero-order valence-electron chi connectivity index (χ0n) is 24.3. The fourth-order valence-electron chi connectivity index (χ4n) is 8.97. The zero-order chi connectivity index (χ0) is 27.1. The number of alkyl halides is 4. The Morgan fingerprint density at radius 1 is 0.526 bits per heavy atom. The van der Waals surface area contributed by atoms with Crippen LogP contribution >= 0.6 is 0 Å². The zero-order valence-corrected chi connectivity index (χ0v) is 24.3. The Kier molecular flexibility index (Phi) is 12.1. The number of rotatable bonds is 11. The Morgan fingerprint density at radius 3 is 1.58 bits per heavy atom. The second kappa shape index (κ2) is 15.1. The van der Waals surface area contributed by atoms with Crippen LogP contribution in [0.5, 0.6) is 0 Å². The molecule has 38 heavy (non-hydrogen) atoms. The van der Waals surface area contributed by atoms with Crippen molar-refractivity contribution in [1.29, 1.82) is 0 Å².